The summed E-state index contributed by atoms with van der Waals surface area (Å²) in [6.07, 6.45) is 1.71. The van der Waals surface area contributed by atoms with Gasteiger partial charge < -0.3 is 14.6 Å². The van der Waals surface area contributed by atoms with Crippen LogP contribution in [0.3, 0.4) is 0 Å². The van der Waals surface area contributed by atoms with Crippen molar-refractivity contribution in [1.29, 1.82) is 0 Å². The van der Waals surface area contributed by atoms with Crippen molar-refractivity contribution in [2.24, 2.45) is 0 Å². The molecule has 1 aromatic carbocycles. The molecule has 0 bridgehead atoms. The third-order valence-electron chi connectivity index (χ3n) is 3.80. The fourth-order valence-corrected chi connectivity index (χ4v) is 2.58. The number of carbonyl (C=O) groups is 1. The van der Waals surface area contributed by atoms with Gasteiger partial charge in [0.2, 0.25) is 11.8 Å². The average molecular weight is 303 g/mol. The summed E-state index contributed by atoms with van der Waals surface area (Å²) in [7, 11) is 0. The smallest absolute Gasteiger partial charge is 0.229 e. The predicted octanol–water partition coefficient (Wildman–Crippen LogP) is 1.84. The van der Waals surface area contributed by atoms with Crippen LogP contribution in [-0.4, -0.2) is 41.5 Å². The van der Waals surface area contributed by atoms with E-state index in [4.69, 9.17) is 4.42 Å². The summed E-state index contributed by atoms with van der Waals surface area (Å²) in [5.41, 5.74) is 1.28. The Kier molecular flexibility index (Phi) is 4.20. The van der Waals surface area contributed by atoms with Crippen molar-refractivity contribution < 1.29 is 13.6 Å². The fraction of sp³-hybridized carbons (Fsp3) is 0.375. The van der Waals surface area contributed by atoms with E-state index in [1.165, 1.54) is 18.4 Å². The van der Waals surface area contributed by atoms with E-state index in [-0.39, 0.29) is 24.2 Å². The average Bonchev–Trinajstić information content (AvgIpc) is 2.97. The highest BCUT2D eigenvalue weighted by Crippen LogP contribution is 2.19. The zero-order valence-electron chi connectivity index (χ0n) is 12.4. The van der Waals surface area contributed by atoms with E-state index in [0.717, 1.165) is 13.1 Å². The van der Waals surface area contributed by atoms with Gasteiger partial charge in [-0.2, -0.15) is 0 Å². The van der Waals surface area contributed by atoms with Crippen LogP contribution in [0.5, 0.6) is 0 Å². The lowest BCUT2D eigenvalue weighted by Crippen LogP contribution is -2.52. The molecule has 0 aliphatic carbocycles. The minimum absolute atomic E-state index is 0.0490. The number of hydrogen-bond donors (Lipinski definition) is 1. The topological polar surface area (TPSA) is 58.4 Å². The molecule has 0 spiro atoms. The second-order valence-electron chi connectivity index (χ2n) is 5.47. The normalized spacial score (nSPS) is 18.5. The Hall–Kier alpha value is -2.21. The van der Waals surface area contributed by atoms with Crippen LogP contribution < -0.4 is 5.32 Å². The van der Waals surface area contributed by atoms with Crippen molar-refractivity contribution in [2.75, 3.05) is 19.6 Å². The van der Waals surface area contributed by atoms with Gasteiger partial charge in [0.1, 0.15) is 12.1 Å². The molecule has 3 rings (SSSR count). The predicted molar refractivity (Wildman–Crippen MR) is 79.6 cm³/mol. The molecule has 0 saturated carbocycles. The highest BCUT2D eigenvalue weighted by Gasteiger charge is 2.23. The summed E-state index contributed by atoms with van der Waals surface area (Å²) >= 11 is 0. The summed E-state index contributed by atoms with van der Waals surface area (Å²) in [6, 6.07) is 6.10. The highest BCUT2D eigenvalue weighted by atomic mass is 19.1. The van der Waals surface area contributed by atoms with E-state index in [9.17, 15) is 9.18 Å². The molecule has 1 aliphatic rings. The Labute approximate surface area is 128 Å². The van der Waals surface area contributed by atoms with Crippen molar-refractivity contribution in [3.05, 3.63) is 42.0 Å². The molecule has 5 nitrogen and oxygen atoms in total. The lowest BCUT2D eigenvalue weighted by Gasteiger charge is -2.33. The third kappa shape index (κ3) is 3.17. The molecule has 2 heterocycles. The molecule has 116 valence electrons. The molecule has 2 aromatic rings. The van der Waals surface area contributed by atoms with Crippen molar-refractivity contribution in [2.45, 2.75) is 19.4 Å². The molecule has 1 saturated heterocycles. The second kappa shape index (κ2) is 6.27. The molecule has 0 radical (unpaired) electrons. The molecular weight excluding hydrogens is 285 g/mol. The molecule has 1 aliphatic heterocycles. The van der Waals surface area contributed by atoms with Crippen LogP contribution in [0.4, 0.5) is 4.39 Å². The molecule has 22 heavy (non-hydrogen) atoms. The summed E-state index contributed by atoms with van der Waals surface area (Å²) in [6.45, 7) is 4.36. The molecule has 1 aromatic heterocycles. The Balaban J connectivity index is 1.68. The van der Waals surface area contributed by atoms with E-state index < -0.39 is 0 Å². The van der Waals surface area contributed by atoms with Gasteiger partial charge >= 0.3 is 0 Å². The van der Waals surface area contributed by atoms with E-state index in [1.807, 2.05) is 11.8 Å². The van der Waals surface area contributed by atoms with Crippen LogP contribution in [0, 0.1) is 5.82 Å². The molecular formula is C16H18FN3O2. The van der Waals surface area contributed by atoms with Crippen molar-refractivity contribution in [3.63, 3.8) is 0 Å². The van der Waals surface area contributed by atoms with Gasteiger partial charge in [0.25, 0.3) is 0 Å². The molecule has 1 fully saturated rings. The van der Waals surface area contributed by atoms with Gasteiger partial charge in [0.05, 0.1) is 12.1 Å². The van der Waals surface area contributed by atoms with Gasteiger partial charge in [-0.05, 0) is 31.2 Å². The van der Waals surface area contributed by atoms with E-state index in [0.29, 0.717) is 23.7 Å². The van der Waals surface area contributed by atoms with Gasteiger partial charge in [-0.25, -0.2) is 9.37 Å². The first kappa shape index (κ1) is 14.7. The lowest BCUT2D eigenvalue weighted by molar-refractivity contribution is -0.133. The summed E-state index contributed by atoms with van der Waals surface area (Å²) in [5, 5.41) is 3.25. The molecule has 1 atom stereocenters. The van der Waals surface area contributed by atoms with Gasteiger partial charge in [0.15, 0.2) is 0 Å². The van der Waals surface area contributed by atoms with E-state index >= 15 is 0 Å². The number of oxazole rings is 1. The number of amides is 1. The Morgan fingerprint density at radius 3 is 2.95 bits per heavy atom. The first-order valence-corrected chi connectivity index (χ1v) is 7.34. The standard InChI is InChI=1S/C16H18FN3O2/c1-11-9-18-6-7-20(11)15(21)8-14-10-22-16(19-14)12-2-4-13(17)5-3-12/h2-5,10-11,18H,6-9H2,1H3. The Morgan fingerprint density at radius 1 is 1.45 bits per heavy atom. The molecule has 1 unspecified atom stereocenters. The van der Waals surface area contributed by atoms with Gasteiger partial charge in [-0.3, -0.25) is 4.79 Å². The van der Waals surface area contributed by atoms with Crippen LogP contribution in [0.25, 0.3) is 11.5 Å². The quantitative estimate of drug-likeness (QED) is 0.940. The van der Waals surface area contributed by atoms with Crippen LogP contribution >= 0.6 is 0 Å². The highest BCUT2D eigenvalue weighted by molar-refractivity contribution is 5.78. The van der Waals surface area contributed by atoms with Crippen LogP contribution in [-0.2, 0) is 11.2 Å². The van der Waals surface area contributed by atoms with E-state index in [2.05, 4.69) is 10.3 Å². The number of aromatic nitrogens is 1. The number of hydrogen-bond acceptors (Lipinski definition) is 4. The zero-order chi connectivity index (χ0) is 15.5. The summed E-state index contributed by atoms with van der Waals surface area (Å²) < 4.78 is 18.3. The maximum Gasteiger partial charge on any atom is 0.229 e. The third-order valence-corrected chi connectivity index (χ3v) is 3.80. The maximum atomic E-state index is 12.9. The number of nitrogens with one attached hydrogen (secondary N) is 1. The Bertz CT molecular complexity index is 654. The largest absolute Gasteiger partial charge is 0.444 e. The number of rotatable bonds is 3. The van der Waals surface area contributed by atoms with E-state index in [1.54, 1.807) is 12.1 Å². The number of piperazine rings is 1. The first-order chi connectivity index (χ1) is 10.6. The van der Waals surface area contributed by atoms with Crippen molar-refractivity contribution in [3.8, 4) is 11.5 Å². The molecule has 1 amide bonds. The number of benzene rings is 1. The molecule has 1 N–H and O–H groups in total. The number of carbonyl (C=O) groups excluding carboxylic acids is 1. The number of nitrogens with zero attached hydrogens (tertiary/aromatic N) is 2. The summed E-state index contributed by atoms with van der Waals surface area (Å²) in [5.74, 6) is 0.141. The second-order valence-corrected chi connectivity index (χ2v) is 5.47. The molecule has 6 heteroatoms. The maximum absolute atomic E-state index is 12.9. The SMILES string of the molecule is CC1CNCCN1C(=O)Cc1coc(-c2ccc(F)cc2)n1. The van der Waals surface area contributed by atoms with Crippen molar-refractivity contribution >= 4 is 5.91 Å². The van der Waals surface area contributed by atoms with Gasteiger partial charge in [-0.1, -0.05) is 0 Å². The summed E-state index contributed by atoms with van der Waals surface area (Å²) in [4.78, 5) is 18.5. The van der Waals surface area contributed by atoms with Gasteiger partial charge in [0, 0.05) is 31.2 Å². The minimum atomic E-state index is -0.307. The monoisotopic (exact) mass is 303 g/mol. The van der Waals surface area contributed by atoms with Crippen molar-refractivity contribution in [1.82, 2.24) is 15.2 Å². The minimum Gasteiger partial charge on any atom is -0.444 e. The van der Waals surface area contributed by atoms with Crippen LogP contribution in [0.15, 0.2) is 34.9 Å². The number of halogens is 1. The van der Waals surface area contributed by atoms with Gasteiger partial charge in [-0.15, -0.1) is 0 Å². The van der Waals surface area contributed by atoms with Crippen LogP contribution in [0.2, 0.25) is 0 Å². The Morgan fingerprint density at radius 2 is 2.23 bits per heavy atom. The fourth-order valence-electron chi connectivity index (χ4n) is 2.58. The lowest BCUT2D eigenvalue weighted by atomic mass is 10.2. The zero-order valence-corrected chi connectivity index (χ0v) is 12.4. The van der Waals surface area contributed by atoms with Crippen LogP contribution in [0.1, 0.15) is 12.6 Å². The first-order valence-electron chi connectivity index (χ1n) is 7.34.